The van der Waals surface area contributed by atoms with E-state index in [1.165, 1.54) is 11.0 Å². The molecule has 4 N–H and O–H groups in total. The van der Waals surface area contributed by atoms with Gasteiger partial charge in [-0.05, 0) is 48.7 Å². The summed E-state index contributed by atoms with van der Waals surface area (Å²) in [5.41, 5.74) is 7.24. The third-order valence-corrected chi connectivity index (χ3v) is 4.86. The molecule has 0 saturated heterocycles. The van der Waals surface area contributed by atoms with Crippen LogP contribution in [0.4, 0.5) is 10.5 Å². The average molecular weight is 354 g/mol. The van der Waals surface area contributed by atoms with E-state index in [0.717, 1.165) is 32.1 Å². The Morgan fingerprint density at radius 2 is 1.77 bits per heavy atom. The number of anilines is 1. The molecule has 2 aromatic rings. The lowest BCUT2D eigenvalue weighted by Gasteiger charge is -2.32. The summed E-state index contributed by atoms with van der Waals surface area (Å²) in [7, 11) is 0. The van der Waals surface area contributed by atoms with Gasteiger partial charge in [0.15, 0.2) is 0 Å². The Kier molecular flexibility index (Phi) is 5.11. The van der Waals surface area contributed by atoms with Crippen LogP contribution in [0.3, 0.4) is 0 Å². The molecule has 2 aromatic carbocycles. The van der Waals surface area contributed by atoms with E-state index in [9.17, 15) is 19.8 Å². The van der Waals surface area contributed by atoms with Gasteiger partial charge >= 0.3 is 6.09 Å². The Morgan fingerprint density at radius 1 is 1.04 bits per heavy atom. The normalized spacial score (nSPS) is 14.8. The molecule has 0 heterocycles. The van der Waals surface area contributed by atoms with Crippen LogP contribution in [-0.4, -0.2) is 28.3 Å². The van der Waals surface area contributed by atoms with Crippen LogP contribution in [0.25, 0.3) is 11.1 Å². The maximum Gasteiger partial charge on any atom is 0.412 e. The molecular weight excluding hydrogens is 332 g/mol. The van der Waals surface area contributed by atoms with Gasteiger partial charge in [0.1, 0.15) is 5.75 Å². The maximum atomic E-state index is 11.9. The fourth-order valence-corrected chi connectivity index (χ4v) is 3.56. The number of nitrogens with zero attached hydrogens (tertiary/aromatic N) is 1. The first kappa shape index (κ1) is 17.8. The molecule has 0 bridgehead atoms. The Morgan fingerprint density at radius 3 is 2.42 bits per heavy atom. The van der Waals surface area contributed by atoms with Gasteiger partial charge in [-0.3, -0.25) is 9.69 Å². The zero-order chi connectivity index (χ0) is 18.7. The third-order valence-electron chi connectivity index (χ3n) is 4.86. The fourth-order valence-electron chi connectivity index (χ4n) is 3.56. The first-order valence-corrected chi connectivity index (χ1v) is 8.73. The number of carboxylic acid groups (broad SMARTS) is 1. The lowest BCUT2D eigenvalue weighted by atomic mass is 9.93. The summed E-state index contributed by atoms with van der Waals surface area (Å²) in [4.78, 5) is 24.7. The van der Waals surface area contributed by atoms with E-state index in [1.807, 2.05) is 0 Å². The molecule has 0 unspecified atom stereocenters. The predicted octanol–water partition coefficient (Wildman–Crippen LogP) is 3.98. The monoisotopic (exact) mass is 354 g/mol. The van der Waals surface area contributed by atoms with E-state index in [4.69, 9.17) is 5.73 Å². The Bertz CT molecular complexity index is 828. The molecule has 1 aliphatic rings. The third kappa shape index (κ3) is 3.64. The van der Waals surface area contributed by atoms with E-state index in [-0.39, 0.29) is 11.8 Å². The molecule has 2 amide bonds. The van der Waals surface area contributed by atoms with Crippen LogP contribution in [0, 0.1) is 0 Å². The summed E-state index contributed by atoms with van der Waals surface area (Å²) in [6, 6.07) is 11.3. The minimum absolute atomic E-state index is 0.0179. The highest BCUT2D eigenvalue weighted by molar-refractivity contribution is 5.95. The van der Waals surface area contributed by atoms with Crippen molar-refractivity contribution in [3.05, 3.63) is 48.0 Å². The molecule has 0 aliphatic heterocycles. The molecule has 3 rings (SSSR count). The number of phenols is 1. The van der Waals surface area contributed by atoms with Gasteiger partial charge in [-0.2, -0.15) is 0 Å². The van der Waals surface area contributed by atoms with Crippen LogP contribution < -0.4 is 10.6 Å². The standard InChI is InChI=1S/C20H22N2O4/c21-19(24)14-6-4-5-13(11-14)17-12-16(9-10-18(17)23)22(20(25)26)15-7-2-1-3-8-15/h4-6,9-12,15,23H,1-3,7-8H2,(H2,21,24)(H,25,26). The molecule has 6 nitrogen and oxygen atoms in total. The van der Waals surface area contributed by atoms with Crippen molar-refractivity contribution in [3.8, 4) is 16.9 Å². The highest BCUT2D eigenvalue weighted by atomic mass is 16.4. The van der Waals surface area contributed by atoms with Gasteiger partial charge < -0.3 is 15.9 Å². The first-order chi connectivity index (χ1) is 12.5. The number of phenolic OH excluding ortho intramolecular Hbond substituents is 1. The molecule has 26 heavy (non-hydrogen) atoms. The number of hydrogen-bond donors (Lipinski definition) is 3. The molecule has 136 valence electrons. The van der Waals surface area contributed by atoms with Gasteiger partial charge in [-0.15, -0.1) is 0 Å². The zero-order valence-corrected chi connectivity index (χ0v) is 14.4. The Balaban J connectivity index is 2.02. The first-order valence-electron chi connectivity index (χ1n) is 8.73. The van der Waals surface area contributed by atoms with E-state index in [1.54, 1.807) is 36.4 Å². The van der Waals surface area contributed by atoms with Crippen LogP contribution in [0.5, 0.6) is 5.75 Å². The molecule has 1 aliphatic carbocycles. The number of hydrogen-bond acceptors (Lipinski definition) is 3. The van der Waals surface area contributed by atoms with Crippen molar-refractivity contribution in [2.75, 3.05) is 4.90 Å². The van der Waals surface area contributed by atoms with Crippen molar-refractivity contribution < 1.29 is 19.8 Å². The van der Waals surface area contributed by atoms with E-state index >= 15 is 0 Å². The number of benzene rings is 2. The smallest absolute Gasteiger partial charge is 0.412 e. The number of aromatic hydroxyl groups is 1. The summed E-state index contributed by atoms with van der Waals surface area (Å²) >= 11 is 0. The number of rotatable bonds is 4. The van der Waals surface area contributed by atoms with Gasteiger partial charge in [-0.1, -0.05) is 31.4 Å². The van der Waals surface area contributed by atoms with Crippen LogP contribution in [0.1, 0.15) is 42.5 Å². The summed E-state index contributed by atoms with van der Waals surface area (Å²) < 4.78 is 0. The summed E-state index contributed by atoms with van der Waals surface area (Å²) in [5.74, 6) is -0.541. The van der Waals surface area contributed by atoms with Crippen LogP contribution >= 0.6 is 0 Å². The van der Waals surface area contributed by atoms with Crippen molar-refractivity contribution >= 4 is 17.7 Å². The summed E-state index contributed by atoms with van der Waals surface area (Å²) in [6.07, 6.45) is 3.82. The number of nitrogens with two attached hydrogens (primary N) is 1. The Labute approximate surface area is 151 Å². The lowest BCUT2D eigenvalue weighted by molar-refractivity contribution is 0.1000. The quantitative estimate of drug-likeness (QED) is 0.772. The molecule has 1 saturated carbocycles. The van der Waals surface area contributed by atoms with Crippen molar-refractivity contribution in [3.63, 3.8) is 0 Å². The minimum atomic E-state index is -1.00. The van der Waals surface area contributed by atoms with Crippen LogP contribution in [-0.2, 0) is 0 Å². The maximum absolute atomic E-state index is 11.9. The number of amides is 2. The lowest BCUT2D eigenvalue weighted by Crippen LogP contribution is -2.40. The SMILES string of the molecule is NC(=O)c1cccc(-c2cc(N(C(=O)O)C3CCCCC3)ccc2O)c1. The van der Waals surface area contributed by atoms with Crippen molar-refractivity contribution in [1.82, 2.24) is 0 Å². The van der Waals surface area contributed by atoms with Gasteiger partial charge in [0, 0.05) is 22.9 Å². The summed E-state index contributed by atoms with van der Waals surface area (Å²) in [5, 5.41) is 20.0. The molecule has 0 spiro atoms. The van der Waals surface area contributed by atoms with E-state index in [0.29, 0.717) is 22.4 Å². The predicted molar refractivity (Wildman–Crippen MR) is 99.4 cm³/mol. The fraction of sp³-hybridized carbons (Fsp3) is 0.300. The van der Waals surface area contributed by atoms with Crippen molar-refractivity contribution in [2.24, 2.45) is 5.73 Å². The second-order valence-electron chi connectivity index (χ2n) is 6.59. The highest BCUT2D eigenvalue weighted by Gasteiger charge is 2.27. The average Bonchev–Trinajstić information content (AvgIpc) is 2.64. The molecule has 6 heteroatoms. The zero-order valence-electron chi connectivity index (χ0n) is 14.4. The number of carbonyl (C=O) groups excluding carboxylic acids is 1. The van der Waals surface area contributed by atoms with E-state index in [2.05, 4.69) is 0 Å². The minimum Gasteiger partial charge on any atom is -0.507 e. The summed E-state index contributed by atoms with van der Waals surface area (Å²) in [6.45, 7) is 0. The second-order valence-corrected chi connectivity index (χ2v) is 6.59. The van der Waals surface area contributed by atoms with Crippen LogP contribution in [0.2, 0.25) is 0 Å². The van der Waals surface area contributed by atoms with Crippen molar-refractivity contribution in [1.29, 1.82) is 0 Å². The number of primary amides is 1. The van der Waals surface area contributed by atoms with Gasteiger partial charge in [0.25, 0.3) is 0 Å². The highest BCUT2D eigenvalue weighted by Crippen LogP contribution is 2.35. The van der Waals surface area contributed by atoms with Crippen LogP contribution in [0.15, 0.2) is 42.5 Å². The topological polar surface area (TPSA) is 104 Å². The van der Waals surface area contributed by atoms with Crippen molar-refractivity contribution in [2.45, 2.75) is 38.1 Å². The van der Waals surface area contributed by atoms with Gasteiger partial charge in [0.05, 0.1) is 0 Å². The molecular formula is C20H22N2O4. The van der Waals surface area contributed by atoms with Gasteiger partial charge in [-0.25, -0.2) is 4.79 Å². The largest absolute Gasteiger partial charge is 0.507 e. The van der Waals surface area contributed by atoms with E-state index < -0.39 is 12.0 Å². The number of carbonyl (C=O) groups is 2. The molecule has 1 fully saturated rings. The second kappa shape index (κ2) is 7.47. The Hall–Kier alpha value is -3.02. The molecule has 0 atom stereocenters. The molecule has 0 radical (unpaired) electrons. The molecule has 0 aromatic heterocycles. The van der Waals surface area contributed by atoms with Gasteiger partial charge in [0.2, 0.25) is 5.91 Å².